The highest BCUT2D eigenvalue weighted by Gasteiger charge is 2.84. The Morgan fingerprint density at radius 2 is 1.84 bits per heavy atom. The molecule has 2 heterocycles. The SMILES string of the molecule is CC(C)(C)[C@H](NC(=O)C(F)(F)F)C(=O)N1CC2C(C)(C)C2(C(C#N)c2nncc3ccccc23)C1C(N)=O. The van der Waals surface area contributed by atoms with Crippen LogP contribution < -0.4 is 11.1 Å². The minimum atomic E-state index is -5.21. The van der Waals surface area contributed by atoms with Crippen LogP contribution in [0.1, 0.15) is 46.2 Å². The van der Waals surface area contributed by atoms with Crippen LogP contribution in [0, 0.1) is 33.5 Å². The number of benzene rings is 1. The number of halogens is 3. The van der Waals surface area contributed by atoms with E-state index in [1.165, 1.54) is 20.8 Å². The monoisotopic (exact) mass is 530 g/mol. The van der Waals surface area contributed by atoms with Gasteiger partial charge < -0.3 is 16.0 Å². The molecule has 1 saturated carbocycles. The Morgan fingerprint density at radius 3 is 2.39 bits per heavy atom. The number of hydrogen-bond donors (Lipinski definition) is 2. The summed E-state index contributed by atoms with van der Waals surface area (Å²) in [6.07, 6.45) is -3.66. The Kier molecular flexibility index (Phi) is 6.21. The van der Waals surface area contributed by atoms with E-state index in [1.54, 1.807) is 29.7 Å². The molecule has 1 aliphatic carbocycles. The summed E-state index contributed by atoms with van der Waals surface area (Å²) in [5.41, 5.74) is 3.25. The summed E-state index contributed by atoms with van der Waals surface area (Å²) in [7, 11) is 0. The van der Waals surface area contributed by atoms with Gasteiger partial charge in [0.1, 0.15) is 12.1 Å². The molecule has 4 unspecified atom stereocenters. The largest absolute Gasteiger partial charge is 0.471 e. The zero-order valence-corrected chi connectivity index (χ0v) is 21.6. The van der Waals surface area contributed by atoms with Gasteiger partial charge in [0.15, 0.2) is 0 Å². The van der Waals surface area contributed by atoms with Gasteiger partial charge in [-0.1, -0.05) is 58.9 Å². The molecule has 1 aromatic heterocycles. The third kappa shape index (κ3) is 3.87. The Labute approximate surface area is 217 Å². The van der Waals surface area contributed by atoms with Gasteiger partial charge in [0.05, 0.1) is 23.9 Å². The number of hydrogen-bond acceptors (Lipinski definition) is 6. The van der Waals surface area contributed by atoms with E-state index in [9.17, 15) is 32.8 Å². The van der Waals surface area contributed by atoms with E-state index in [0.29, 0.717) is 11.1 Å². The van der Waals surface area contributed by atoms with Gasteiger partial charge in [-0.2, -0.15) is 28.6 Å². The average Bonchev–Trinajstić information content (AvgIpc) is 3.11. The number of alkyl halides is 3. The Hall–Kier alpha value is -3.75. The molecule has 0 radical (unpaired) electrons. The first kappa shape index (κ1) is 27.3. The zero-order valence-electron chi connectivity index (χ0n) is 21.6. The van der Waals surface area contributed by atoms with Gasteiger partial charge in [-0.25, -0.2) is 0 Å². The van der Waals surface area contributed by atoms with Crippen LogP contribution in [-0.4, -0.2) is 57.6 Å². The highest BCUT2D eigenvalue weighted by atomic mass is 19.4. The summed E-state index contributed by atoms with van der Waals surface area (Å²) < 4.78 is 39.2. The van der Waals surface area contributed by atoms with Crippen LogP contribution in [0.15, 0.2) is 30.5 Å². The minimum absolute atomic E-state index is 0.0235. The van der Waals surface area contributed by atoms with Crippen LogP contribution in [0.5, 0.6) is 0 Å². The lowest BCUT2D eigenvalue weighted by atomic mass is 9.74. The van der Waals surface area contributed by atoms with Gasteiger partial charge in [-0.15, -0.1) is 0 Å². The van der Waals surface area contributed by atoms with E-state index in [2.05, 4.69) is 16.3 Å². The standard InChI is InChI=1S/C26H29F3N6O3/c1-23(2,3)18(33-22(38)26(27,28)29)21(37)35-12-16-24(4,5)25(16,19(35)20(31)36)15(10-30)17-14-9-7-6-8-13(14)11-32-34-17/h6-9,11,15-16,18-19H,12H2,1-5H3,(H2,31,36)(H,33,38)/t15?,16?,18-,19?,25?/m1/s1. The first-order chi connectivity index (χ1) is 17.5. The number of piperidine rings is 1. The highest BCUT2D eigenvalue weighted by molar-refractivity contribution is 5.95. The number of rotatable bonds is 5. The smallest absolute Gasteiger partial charge is 0.368 e. The number of likely N-dealkylation sites (tertiary alicyclic amines) is 1. The lowest BCUT2D eigenvalue weighted by Crippen LogP contribution is -2.61. The van der Waals surface area contributed by atoms with Crippen LogP contribution in [-0.2, 0) is 14.4 Å². The number of carbonyl (C=O) groups excluding carboxylic acids is 3. The van der Waals surface area contributed by atoms with E-state index >= 15 is 0 Å². The van der Waals surface area contributed by atoms with Crippen molar-refractivity contribution in [1.29, 1.82) is 5.26 Å². The summed E-state index contributed by atoms with van der Waals surface area (Å²) in [5.74, 6) is -5.42. The van der Waals surface area contributed by atoms with Crippen LogP contribution in [0.25, 0.3) is 10.8 Å². The molecule has 3 amide bonds. The maximum absolute atomic E-state index is 13.8. The second kappa shape index (κ2) is 8.64. The zero-order chi connectivity index (χ0) is 28.4. The Bertz CT molecular complexity index is 1360. The summed E-state index contributed by atoms with van der Waals surface area (Å²) in [5, 5.41) is 21.9. The van der Waals surface area contributed by atoms with Crippen molar-refractivity contribution in [3.8, 4) is 6.07 Å². The molecule has 3 N–H and O–H groups in total. The van der Waals surface area contributed by atoms with Gasteiger partial charge in [0, 0.05) is 22.7 Å². The van der Waals surface area contributed by atoms with Gasteiger partial charge in [0.25, 0.3) is 0 Å². The highest BCUT2D eigenvalue weighted by Crippen LogP contribution is 2.79. The lowest BCUT2D eigenvalue weighted by molar-refractivity contribution is -0.176. The van der Waals surface area contributed by atoms with Gasteiger partial charge >= 0.3 is 12.1 Å². The topological polar surface area (TPSA) is 142 Å². The third-order valence-electron chi connectivity index (χ3n) is 8.30. The van der Waals surface area contributed by atoms with Crippen LogP contribution >= 0.6 is 0 Å². The number of nitriles is 1. The van der Waals surface area contributed by atoms with Crippen molar-refractivity contribution in [3.05, 3.63) is 36.2 Å². The van der Waals surface area contributed by atoms with Gasteiger partial charge in [0.2, 0.25) is 11.8 Å². The van der Waals surface area contributed by atoms with Crippen LogP contribution in [0.4, 0.5) is 13.2 Å². The molecule has 38 heavy (non-hydrogen) atoms. The molecular weight excluding hydrogens is 501 g/mol. The van der Waals surface area contributed by atoms with Crippen molar-refractivity contribution in [2.45, 2.75) is 58.8 Å². The van der Waals surface area contributed by atoms with Crippen LogP contribution in [0.2, 0.25) is 0 Å². The molecule has 0 spiro atoms. The minimum Gasteiger partial charge on any atom is -0.368 e. The van der Waals surface area contributed by atoms with Crippen molar-refractivity contribution in [3.63, 3.8) is 0 Å². The molecule has 1 aromatic carbocycles. The van der Waals surface area contributed by atoms with Crippen molar-refractivity contribution >= 4 is 28.5 Å². The normalized spacial score (nSPS) is 25.7. The summed E-state index contributed by atoms with van der Waals surface area (Å²) in [4.78, 5) is 39.7. The maximum atomic E-state index is 13.8. The average molecular weight is 531 g/mol. The fraction of sp³-hybridized carbons (Fsp3) is 0.538. The number of nitrogens with one attached hydrogen (secondary N) is 1. The second-order valence-electron chi connectivity index (χ2n) is 11.7. The van der Waals surface area contributed by atoms with Crippen molar-refractivity contribution in [1.82, 2.24) is 20.4 Å². The predicted octanol–water partition coefficient (Wildman–Crippen LogP) is 2.67. The first-order valence-electron chi connectivity index (χ1n) is 12.1. The van der Waals surface area contributed by atoms with E-state index in [4.69, 9.17) is 5.73 Å². The first-order valence-corrected chi connectivity index (χ1v) is 12.1. The second-order valence-corrected chi connectivity index (χ2v) is 11.7. The fourth-order valence-corrected chi connectivity index (χ4v) is 6.45. The number of amides is 3. The van der Waals surface area contributed by atoms with Crippen molar-refractivity contribution < 1.29 is 27.6 Å². The van der Waals surface area contributed by atoms with Gasteiger partial charge in [-0.3, -0.25) is 14.4 Å². The Balaban J connectivity index is 1.82. The number of nitrogens with two attached hydrogens (primary N) is 1. The molecule has 2 aliphatic rings. The molecule has 2 fully saturated rings. The third-order valence-corrected chi connectivity index (χ3v) is 8.30. The quantitative estimate of drug-likeness (QED) is 0.609. The number of aromatic nitrogens is 2. The number of primary amides is 1. The van der Waals surface area contributed by atoms with Crippen molar-refractivity contribution in [2.75, 3.05) is 6.54 Å². The van der Waals surface area contributed by atoms with E-state index in [1.807, 2.05) is 19.9 Å². The molecule has 4 rings (SSSR count). The number of nitrogens with zero attached hydrogens (tertiary/aromatic N) is 4. The maximum Gasteiger partial charge on any atom is 0.471 e. The van der Waals surface area contributed by atoms with Gasteiger partial charge in [-0.05, 0) is 16.7 Å². The summed E-state index contributed by atoms with van der Waals surface area (Å²) in [6, 6.07) is 6.53. The fourth-order valence-electron chi connectivity index (χ4n) is 6.45. The molecule has 12 heteroatoms. The molecule has 1 aliphatic heterocycles. The summed E-state index contributed by atoms with van der Waals surface area (Å²) >= 11 is 0. The van der Waals surface area contributed by atoms with Crippen LogP contribution in [0.3, 0.4) is 0 Å². The number of fused-ring (bicyclic) bond motifs is 2. The lowest BCUT2D eigenvalue weighted by Gasteiger charge is -2.40. The molecule has 5 atom stereocenters. The number of carbonyl (C=O) groups is 3. The molecule has 0 bridgehead atoms. The molecule has 2 aromatic rings. The molecule has 1 saturated heterocycles. The van der Waals surface area contributed by atoms with Crippen molar-refractivity contribution in [2.24, 2.45) is 27.9 Å². The molecule has 202 valence electrons. The molecular formula is C26H29F3N6O3. The van der Waals surface area contributed by atoms with E-state index in [-0.39, 0.29) is 12.5 Å². The Morgan fingerprint density at radius 1 is 1.21 bits per heavy atom. The predicted molar refractivity (Wildman–Crippen MR) is 130 cm³/mol. The van der Waals surface area contributed by atoms with E-state index < -0.39 is 58.1 Å². The van der Waals surface area contributed by atoms with E-state index in [0.717, 1.165) is 10.3 Å². The summed E-state index contributed by atoms with van der Waals surface area (Å²) in [6.45, 7) is 8.23. The molecule has 9 nitrogen and oxygen atoms in total.